The summed E-state index contributed by atoms with van der Waals surface area (Å²) in [6.45, 7) is 3.72. The van der Waals surface area contributed by atoms with E-state index in [1.54, 1.807) is 17.0 Å². The molecule has 0 heterocycles. The Morgan fingerprint density at radius 2 is 2.21 bits per heavy atom. The molecule has 0 radical (unpaired) electrons. The second-order valence-corrected chi connectivity index (χ2v) is 5.44. The van der Waals surface area contributed by atoms with Crippen LogP contribution in [0, 0.1) is 3.57 Å². The summed E-state index contributed by atoms with van der Waals surface area (Å²) in [7, 11) is 0. The highest BCUT2D eigenvalue weighted by molar-refractivity contribution is 14.1. The molecule has 19 heavy (non-hydrogen) atoms. The highest BCUT2D eigenvalue weighted by Crippen LogP contribution is 2.19. The lowest BCUT2D eigenvalue weighted by Crippen LogP contribution is -2.34. The standard InChI is InChI=1S/C13H17ClINO3/c1-2-16(5-7-19-8-6-17)13(18)11-9-10(14)3-4-12(11)15/h3-4,9,17H,2,5-8H2,1H3. The SMILES string of the molecule is CCN(CCOCCO)C(=O)c1cc(Cl)ccc1I. The number of benzene rings is 1. The maximum absolute atomic E-state index is 12.4. The minimum Gasteiger partial charge on any atom is -0.394 e. The first-order chi connectivity index (χ1) is 9.10. The molecule has 1 amide bonds. The van der Waals surface area contributed by atoms with Crippen molar-refractivity contribution in [3.8, 4) is 0 Å². The molecule has 0 fully saturated rings. The van der Waals surface area contributed by atoms with E-state index < -0.39 is 0 Å². The van der Waals surface area contributed by atoms with Gasteiger partial charge in [-0.3, -0.25) is 4.79 Å². The molecule has 0 unspecified atom stereocenters. The minimum atomic E-state index is -0.0537. The summed E-state index contributed by atoms with van der Waals surface area (Å²) in [6, 6.07) is 5.27. The van der Waals surface area contributed by atoms with Crippen LogP contribution >= 0.6 is 34.2 Å². The fourth-order valence-electron chi connectivity index (χ4n) is 1.58. The molecule has 6 heteroatoms. The molecule has 0 saturated heterocycles. The highest BCUT2D eigenvalue weighted by Gasteiger charge is 2.17. The number of amides is 1. The Kier molecular flexibility index (Phi) is 7.67. The van der Waals surface area contributed by atoms with E-state index in [9.17, 15) is 4.79 Å². The van der Waals surface area contributed by atoms with Gasteiger partial charge in [0.15, 0.2) is 0 Å². The molecular weight excluding hydrogens is 381 g/mol. The van der Waals surface area contributed by atoms with E-state index in [0.29, 0.717) is 36.9 Å². The summed E-state index contributed by atoms with van der Waals surface area (Å²) in [5.74, 6) is -0.0537. The quantitative estimate of drug-likeness (QED) is 0.568. The third kappa shape index (κ3) is 5.25. The molecule has 0 bridgehead atoms. The van der Waals surface area contributed by atoms with Crippen molar-refractivity contribution in [3.05, 3.63) is 32.4 Å². The van der Waals surface area contributed by atoms with E-state index in [2.05, 4.69) is 22.6 Å². The Morgan fingerprint density at radius 1 is 1.47 bits per heavy atom. The average molecular weight is 398 g/mol. The number of rotatable bonds is 7. The Labute approximate surface area is 131 Å². The van der Waals surface area contributed by atoms with Gasteiger partial charge >= 0.3 is 0 Å². The lowest BCUT2D eigenvalue weighted by molar-refractivity contribution is 0.0578. The van der Waals surface area contributed by atoms with Gasteiger partial charge in [-0.1, -0.05) is 11.6 Å². The number of aliphatic hydroxyl groups is 1. The molecule has 0 aromatic heterocycles. The Hall–Kier alpha value is -0.370. The molecule has 106 valence electrons. The van der Waals surface area contributed by atoms with Crippen LogP contribution in [-0.2, 0) is 4.74 Å². The van der Waals surface area contributed by atoms with Crippen molar-refractivity contribution in [3.63, 3.8) is 0 Å². The Morgan fingerprint density at radius 3 is 2.84 bits per heavy atom. The molecule has 1 aromatic carbocycles. The van der Waals surface area contributed by atoms with Crippen molar-refractivity contribution in [2.24, 2.45) is 0 Å². The molecule has 1 N–H and O–H groups in total. The largest absolute Gasteiger partial charge is 0.394 e. The van der Waals surface area contributed by atoms with Gasteiger partial charge < -0.3 is 14.7 Å². The second-order valence-electron chi connectivity index (χ2n) is 3.84. The predicted octanol–water partition coefficient (Wildman–Crippen LogP) is 2.42. The molecule has 1 aromatic rings. The van der Waals surface area contributed by atoms with Gasteiger partial charge in [-0.2, -0.15) is 0 Å². The van der Waals surface area contributed by atoms with Crippen LogP contribution in [0.2, 0.25) is 5.02 Å². The van der Waals surface area contributed by atoms with Crippen LogP contribution in [0.5, 0.6) is 0 Å². The van der Waals surface area contributed by atoms with Crippen molar-refractivity contribution < 1.29 is 14.6 Å². The van der Waals surface area contributed by atoms with Gasteiger partial charge in [0.1, 0.15) is 0 Å². The van der Waals surface area contributed by atoms with E-state index in [1.165, 1.54) is 0 Å². The molecular formula is C13H17ClINO3. The summed E-state index contributed by atoms with van der Waals surface area (Å²) in [5, 5.41) is 9.17. The van der Waals surface area contributed by atoms with Crippen LogP contribution in [0.3, 0.4) is 0 Å². The third-order valence-corrected chi connectivity index (χ3v) is 3.74. The molecule has 0 aliphatic heterocycles. The maximum atomic E-state index is 12.4. The average Bonchev–Trinajstić information content (AvgIpc) is 2.41. The zero-order valence-corrected chi connectivity index (χ0v) is 13.6. The van der Waals surface area contributed by atoms with Crippen molar-refractivity contribution in [2.45, 2.75) is 6.92 Å². The van der Waals surface area contributed by atoms with Gasteiger partial charge in [-0.15, -0.1) is 0 Å². The van der Waals surface area contributed by atoms with Crippen LogP contribution in [0.15, 0.2) is 18.2 Å². The lowest BCUT2D eigenvalue weighted by atomic mass is 10.2. The van der Waals surface area contributed by atoms with E-state index in [0.717, 1.165) is 3.57 Å². The first-order valence-corrected chi connectivity index (χ1v) is 7.48. The molecule has 0 saturated carbocycles. The predicted molar refractivity (Wildman–Crippen MR) is 83.7 cm³/mol. The van der Waals surface area contributed by atoms with Gasteiger partial charge in [0.05, 0.1) is 25.4 Å². The van der Waals surface area contributed by atoms with Gasteiger partial charge in [0.2, 0.25) is 0 Å². The summed E-state index contributed by atoms with van der Waals surface area (Å²) in [5.41, 5.74) is 0.608. The van der Waals surface area contributed by atoms with Crippen LogP contribution in [-0.4, -0.2) is 48.8 Å². The number of carbonyl (C=O) groups excluding carboxylic acids is 1. The fraction of sp³-hybridized carbons (Fsp3) is 0.462. The highest BCUT2D eigenvalue weighted by atomic mass is 127. The van der Waals surface area contributed by atoms with E-state index in [1.807, 2.05) is 13.0 Å². The summed E-state index contributed by atoms with van der Waals surface area (Å²) >= 11 is 8.05. The molecule has 1 rings (SSSR count). The van der Waals surface area contributed by atoms with Gasteiger partial charge in [0.25, 0.3) is 5.91 Å². The number of hydrogen-bond donors (Lipinski definition) is 1. The molecule has 0 atom stereocenters. The lowest BCUT2D eigenvalue weighted by Gasteiger charge is -2.21. The Balaban J connectivity index is 2.69. The first kappa shape index (κ1) is 16.7. The van der Waals surface area contributed by atoms with Crippen LogP contribution in [0.1, 0.15) is 17.3 Å². The smallest absolute Gasteiger partial charge is 0.255 e. The van der Waals surface area contributed by atoms with Crippen LogP contribution in [0.25, 0.3) is 0 Å². The van der Waals surface area contributed by atoms with Crippen LogP contribution < -0.4 is 0 Å². The summed E-state index contributed by atoms with van der Waals surface area (Å²) in [6.07, 6.45) is 0. The normalized spacial score (nSPS) is 10.5. The van der Waals surface area contributed by atoms with E-state index in [-0.39, 0.29) is 12.5 Å². The van der Waals surface area contributed by atoms with Gasteiger partial charge in [-0.05, 0) is 47.7 Å². The van der Waals surface area contributed by atoms with Crippen molar-refractivity contribution in [1.82, 2.24) is 4.90 Å². The third-order valence-electron chi connectivity index (χ3n) is 2.57. The zero-order valence-electron chi connectivity index (χ0n) is 10.7. The minimum absolute atomic E-state index is 0.00768. The van der Waals surface area contributed by atoms with Gasteiger partial charge in [-0.25, -0.2) is 0 Å². The zero-order chi connectivity index (χ0) is 14.3. The number of hydrogen-bond acceptors (Lipinski definition) is 3. The molecule has 4 nitrogen and oxygen atoms in total. The Bertz CT molecular complexity index is 428. The van der Waals surface area contributed by atoms with Crippen molar-refractivity contribution >= 4 is 40.1 Å². The van der Waals surface area contributed by atoms with Gasteiger partial charge in [0, 0.05) is 21.7 Å². The number of likely N-dealkylation sites (N-methyl/N-ethyl adjacent to an activating group) is 1. The topological polar surface area (TPSA) is 49.8 Å². The number of carbonyl (C=O) groups is 1. The van der Waals surface area contributed by atoms with E-state index >= 15 is 0 Å². The van der Waals surface area contributed by atoms with E-state index in [4.69, 9.17) is 21.4 Å². The second kappa shape index (κ2) is 8.73. The monoisotopic (exact) mass is 397 g/mol. The number of halogens is 2. The number of ether oxygens (including phenoxy) is 1. The molecule has 0 aliphatic rings. The van der Waals surface area contributed by atoms with Crippen molar-refractivity contribution in [1.29, 1.82) is 0 Å². The summed E-state index contributed by atoms with van der Waals surface area (Å²) < 4.78 is 6.06. The molecule has 0 aliphatic carbocycles. The number of nitrogens with zero attached hydrogens (tertiary/aromatic N) is 1. The summed E-state index contributed by atoms with van der Waals surface area (Å²) in [4.78, 5) is 14.1. The van der Waals surface area contributed by atoms with Crippen molar-refractivity contribution in [2.75, 3.05) is 32.9 Å². The number of aliphatic hydroxyl groups excluding tert-OH is 1. The fourth-order valence-corrected chi connectivity index (χ4v) is 2.31. The van der Waals surface area contributed by atoms with Crippen LogP contribution in [0.4, 0.5) is 0 Å². The first-order valence-electron chi connectivity index (χ1n) is 6.03. The molecule has 0 spiro atoms. The maximum Gasteiger partial charge on any atom is 0.255 e.